The van der Waals surface area contributed by atoms with Gasteiger partial charge in [0.05, 0.1) is 11.9 Å². The Morgan fingerprint density at radius 3 is 2.52 bits per heavy atom. The van der Waals surface area contributed by atoms with Crippen LogP contribution in [0, 0.1) is 5.82 Å². The Labute approximate surface area is 147 Å². The van der Waals surface area contributed by atoms with Crippen LogP contribution in [0.3, 0.4) is 0 Å². The second kappa shape index (κ2) is 8.60. The number of hydrogen-bond acceptors (Lipinski definition) is 3. The van der Waals surface area contributed by atoms with Crippen LogP contribution >= 0.6 is 0 Å². The first kappa shape index (κ1) is 17.4. The number of nitrogens with zero attached hydrogens (tertiary/aromatic N) is 1. The van der Waals surface area contributed by atoms with E-state index in [1.807, 2.05) is 0 Å². The van der Waals surface area contributed by atoms with Gasteiger partial charge in [-0.3, -0.25) is 4.79 Å². The molecule has 0 aliphatic heterocycles. The lowest BCUT2D eigenvalue weighted by molar-refractivity contribution is 0.0928. The Hall–Kier alpha value is -2.43. The van der Waals surface area contributed by atoms with E-state index in [4.69, 9.17) is 0 Å². The van der Waals surface area contributed by atoms with Gasteiger partial charge < -0.3 is 10.6 Å². The van der Waals surface area contributed by atoms with Crippen molar-refractivity contribution >= 4 is 11.6 Å². The monoisotopic (exact) mass is 341 g/mol. The Morgan fingerprint density at radius 2 is 1.84 bits per heavy atom. The number of nitrogens with one attached hydrogen (secondary N) is 2. The number of carbonyl (C=O) groups is 1. The minimum Gasteiger partial charge on any atom is -0.380 e. The van der Waals surface area contributed by atoms with E-state index in [0.717, 1.165) is 18.5 Å². The van der Waals surface area contributed by atoms with Crippen LogP contribution in [0.4, 0.5) is 10.1 Å². The van der Waals surface area contributed by atoms with Gasteiger partial charge in [0.1, 0.15) is 11.5 Å². The zero-order chi connectivity index (χ0) is 17.5. The predicted octanol–water partition coefficient (Wildman–Crippen LogP) is 4.29. The summed E-state index contributed by atoms with van der Waals surface area (Å²) in [5, 5.41) is 6.21. The molecule has 2 N–H and O–H groups in total. The predicted molar refractivity (Wildman–Crippen MR) is 96.9 cm³/mol. The first-order valence-electron chi connectivity index (χ1n) is 8.96. The summed E-state index contributed by atoms with van der Waals surface area (Å²) in [6, 6.07) is 10.4. The number of aromatic nitrogens is 1. The molecule has 5 heteroatoms. The molecule has 3 rings (SSSR count). The van der Waals surface area contributed by atoms with Gasteiger partial charge in [-0.2, -0.15) is 0 Å². The molecular formula is C20H24FN3O. The van der Waals surface area contributed by atoms with Gasteiger partial charge >= 0.3 is 0 Å². The highest BCUT2D eigenvalue weighted by Crippen LogP contribution is 2.18. The summed E-state index contributed by atoms with van der Waals surface area (Å²) in [6.07, 6.45) is 8.58. The molecule has 132 valence electrons. The average Bonchev–Trinajstić information content (AvgIpc) is 2.90. The molecule has 25 heavy (non-hydrogen) atoms. The van der Waals surface area contributed by atoms with E-state index in [9.17, 15) is 9.18 Å². The lowest BCUT2D eigenvalue weighted by Crippen LogP contribution is -2.34. The van der Waals surface area contributed by atoms with Crippen molar-refractivity contribution in [3.05, 3.63) is 59.7 Å². The van der Waals surface area contributed by atoms with Crippen LogP contribution in [0.1, 0.15) is 54.6 Å². The van der Waals surface area contributed by atoms with E-state index in [2.05, 4.69) is 15.6 Å². The van der Waals surface area contributed by atoms with E-state index in [1.54, 1.807) is 36.5 Å². The van der Waals surface area contributed by atoms with Crippen LogP contribution < -0.4 is 10.6 Å². The molecule has 0 spiro atoms. The number of hydrogen-bond donors (Lipinski definition) is 2. The van der Waals surface area contributed by atoms with Gasteiger partial charge in [0, 0.05) is 18.2 Å². The lowest BCUT2D eigenvalue weighted by Gasteiger charge is -2.16. The third-order valence-corrected chi connectivity index (χ3v) is 4.63. The molecule has 0 unspecified atom stereocenters. The largest absolute Gasteiger partial charge is 0.380 e. The number of rotatable bonds is 5. The molecule has 1 aromatic heterocycles. The van der Waals surface area contributed by atoms with Crippen molar-refractivity contribution in [2.75, 3.05) is 5.32 Å². The fraction of sp³-hybridized carbons (Fsp3) is 0.400. The third kappa shape index (κ3) is 5.02. The van der Waals surface area contributed by atoms with Crippen LogP contribution in [0.25, 0.3) is 0 Å². The van der Waals surface area contributed by atoms with Crippen molar-refractivity contribution < 1.29 is 9.18 Å². The summed E-state index contributed by atoms with van der Waals surface area (Å²) in [5.41, 5.74) is 1.77. The van der Waals surface area contributed by atoms with Gasteiger partial charge in [-0.25, -0.2) is 9.37 Å². The highest BCUT2D eigenvalue weighted by molar-refractivity contribution is 5.92. The zero-order valence-corrected chi connectivity index (χ0v) is 14.3. The van der Waals surface area contributed by atoms with Crippen molar-refractivity contribution in [3.63, 3.8) is 0 Å². The van der Waals surface area contributed by atoms with Gasteiger partial charge in [-0.1, -0.05) is 43.9 Å². The maximum atomic E-state index is 13.6. The summed E-state index contributed by atoms with van der Waals surface area (Å²) < 4.78 is 13.6. The smallest absolute Gasteiger partial charge is 0.270 e. The van der Waals surface area contributed by atoms with Gasteiger partial charge in [0.2, 0.25) is 0 Å². The highest BCUT2D eigenvalue weighted by atomic mass is 19.1. The van der Waals surface area contributed by atoms with Crippen molar-refractivity contribution in [2.45, 2.75) is 51.1 Å². The molecule has 0 atom stereocenters. The average molecular weight is 341 g/mol. The topological polar surface area (TPSA) is 54.0 Å². The quantitative estimate of drug-likeness (QED) is 0.798. The second-order valence-corrected chi connectivity index (χ2v) is 6.54. The van der Waals surface area contributed by atoms with E-state index in [0.29, 0.717) is 17.8 Å². The first-order chi connectivity index (χ1) is 12.2. The van der Waals surface area contributed by atoms with Gasteiger partial charge in [0.15, 0.2) is 0 Å². The zero-order valence-electron chi connectivity index (χ0n) is 14.3. The van der Waals surface area contributed by atoms with Crippen molar-refractivity contribution in [2.24, 2.45) is 0 Å². The maximum Gasteiger partial charge on any atom is 0.270 e. The molecule has 0 bridgehead atoms. The van der Waals surface area contributed by atoms with Gasteiger partial charge in [0.25, 0.3) is 5.91 Å². The summed E-state index contributed by atoms with van der Waals surface area (Å²) >= 11 is 0. The van der Waals surface area contributed by atoms with Crippen molar-refractivity contribution in [3.8, 4) is 0 Å². The Morgan fingerprint density at radius 1 is 1.08 bits per heavy atom. The standard InChI is InChI=1S/C20H24FN3O/c21-18-10-6-5-7-15(18)13-22-17-11-12-19(23-14-17)20(25)24-16-8-3-1-2-4-9-16/h5-7,10-12,14,16,22H,1-4,8-9,13H2,(H,24,25). The number of halogens is 1. The summed E-state index contributed by atoms with van der Waals surface area (Å²) in [6.45, 7) is 0.377. The van der Waals surface area contributed by atoms with Gasteiger partial charge in [-0.15, -0.1) is 0 Å². The van der Waals surface area contributed by atoms with Crippen LogP contribution in [-0.2, 0) is 6.54 Å². The number of anilines is 1. The highest BCUT2D eigenvalue weighted by Gasteiger charge is 2.16. The number of pyridine rings is 1. The van der Waals surface area contributed by atoms with Crippen molar-refractivity contribution in [1.29, 1.82) is 0 Å². The minimum atomic E-state index is -0.234. The lowest BCUT2D eigenvalue weighted by atomic mass is 10.1. The Kier molecular flexibility index (Phi) is 5.99. The molecule has 1 fully saturated rings. The summed E-state index contributed by atoms with van der Waals surface area (Å²) in [4.78, 5) is 16.6. The fourth-order valence-electron chi connectivity index (χ4n) is 3.15. The molecule has 1 saturated carbocycles. The Bertz CT molecular complexity index is 694. The molecular weight excluding hydrogens is 317 g/mol. The molecule has 1 aliphatic rings. The van der Waals surface area contributed by atoms with E-state index >= 15 is 0 Å². The number of amides is 1. The molecule has 0 radical (unpaired) electrons. The minimum absolute atomic E-state index is 0.118. The van der Waals surface area contributed by atoms with Crippen LogP contribution in [0.2, 0.25) is 0 Å². The normalized spacial score (nSPS) is 15.4. The Balaban J connectivity index is 1.54. The molecule has 4 nitrogen and oxygen atoms in total. The van der Waals surface area contributed by atoms with Crippen LogP contribution in [-0.4, -0.2) is 16.9 Å². The summed E-state index contributed by atoms with van der Waals surface area (Å²) in [5.74, 6) is -0.352. The van der Waals surface area contributed by atoms with Crippen LogP contribution in [0.5, 0.6) is 0 Å². The molecule has 1 aliphatic carbocycles. The third-order valence-electron chi connectivity index (χ3n) is 4.63. The fourth-order valence-corrected chi connectivity index (χ4v) is 3.15. The maximum absolute atomic E-state index is 13.6. The van der Waals surface area contributed by atoms with Crippen LogP contribution in [0.15, 0.2) is 42.6 Å². The van der Waals surface area contributed by atoms with E-state index in [1.165, 1.54) is 31.7 Å². The molecule has 1 aromatic carbocycles. The van der Waals surface area contributed by atoms with E-state index < -0.39 is 0 Å². The SMILES string of the molecule is O=C(NC1CCCCCC1)c1ccc(NCc2ccccc2F)cn1. The molecule has 2 aromatic rings. The van der Waals surface area contributed by atoms with E-state index in [-0.39, 0.29) is 17.8 Å². The van der Waals surface area contributed by atoms with Crippen molar-refractivity contribution in [1.82, 2.24) is 10.3 Å². The number of carbonyl (C=O) groups excluding carboxylic acids is 1. The first-order valence-corrected chi connectivity index (χ1v) is 8.96. The second-order valence-electron chi connectivity index (χ2n) is 6.54. The molecule has 1 amide bonds. The summed E-state index contributed by atoms with van der Waals surface area (Å²) in [7, 11) is 0. The molecule has 1 heterocycles. The molecule has 0 saturated heterocycles. The number of benzene rings is 1. The van der Waals surface area contributed by atoms with Gasteiger partial charge in [-0.05, 0) is 31.0 Å².